The molecule has 3 fully saturated rings. The van der Waals surface area contributed by atoms with E-state index in [1.54, 1.807) is 29.1 Å². The van der Waals surface area contributed by atoms with Crippen LogP contribution in [0.1, 0.15) is 62.1 Å². The van der Waals surface area contributed by atoms with Gasteiger partial charge in [-0.25, -0.2) is 14.2 Å². The highest BCUT2D eigenvalue weighted by molar-refractivity contribution is 5.75. The number of nitrogens with one attached hydrogen (secondary N) is 1. The molecule has 2 saturated heterocycles. The third-order valence-corrected chi connectivity index (χ3v) is 10.2. The van der Waals surface area contributed by atoms with Crippen molar-refractivity contribution in [2.45, 2.75) is 70.5 Å². The summed E-state index contributed by atoms with van der Waals surface area (Å²) >= 11 is 0. The Labute approximate surface area is 247 Å². The van der Waals surface area contributed by atoms with Crippen LogP contribution in [0.5, 0.6) is 0 Å². The molecule has 0 unspecified atom stereocenters. The van der Waals surface area contributed by atoms with E-state index in [1.165, 1.54) is 6.07 Å². The van der Waals surface area contributed by atoms with Crippen LogP contribution in [0.2, 0.25) is 0 Å². The molecule has 2 aliphatic heterocycles. The smallest absolute Gasteiger partial charge is 0.320 e. The first-order valence-corrected chi connectivity index (χ1v) is 15.5. The van der Waals surface area contributed by atoms with Gasteiger partial charge in [0.15, 0.2) is 0 Å². The Morgan fingerprint density at radius 2 is 1.88 bits per heavy atom. The van der Waals surface area contributed by atoms with Gasteiger partial charge in [0.05, 0.1) is 18.1 Å². The van der Waals surface area contributed by atoms with Gasteiger partial charge in [0.1, 0.15) is 5.82 Å². The number of rotatable bonds is 5. The lowest BCUT2D eigenvalue weighted by molar-refractivity contribution is 0.0208. The summed E-state index contributed by atoms with van der Waals surface area (Å²) in [4.78, 5) is 36.1. The van der Waals surface area contributed by atoms with E-state index < -0.39 is 0 Å². The Morgan fingerprint density at radius 1 is 1.07 bits per heavy atom. The predicted molar refractivity (Wildman–Crippen MR) is 163 cm³/mol. The number of piperidine rings is 2. The van der Waals surface area contributed by atoms with Crippen molar-refractivity contribution >= 4 is 6.03 Å². The monoisotopic (exact) mass is 571 g/mol. The van der Waals surface area contributed by atoms with Crippen LogP contribution in [0, 0.1) is 24.1 Å². The summed E-state index contributed by atoms with van der Waals surface area (Å²) < 4.78 is 16.0. The first-order chi connectivity index (χ1) is 20.4. The maximum atomic E-state index is 14.2. The second-order valence-corrected chi connectivity index (χ2v) is 12.6. The number of nitrogens with zero attached hydrogens (tertiary/aromatic N) is 4. The molecular formula is C34H42FN5O2. The molecule has 3 aromatic rings. The average molecular weight is 572 g/mol. The number of likely N-dealkylation sites (tertiary alicyclic amines) is 2. The number of hydrogen-bond donors (Lipinski definition) is 1. The number of amides is 2. The normalized spacial score (nSPS) is 23.8. The SMILES string of the molecule is CN[C@@H]1CCN(C(=O)N2CC[C@@H](Cn3cnc(-c4ccccc4C)cc3=O)C3(CCCC3)C2)[C@H](c2cccc(F)c2)C1. The molecule has 222 valence electrons. The summed E-state index contributed by atoms with van der Waals surface area (Å²) in [5.41, 5.74) is 3.62. The summed E-state index contributed by atoms with van der Waals surface area (Å²) in [5, 5.41) is 3.37. The molecule has 0 radical (unpaired) electrons. The number of carbonyl (C=O) groups excluding carboxylic acids is 1. The van der Waals surface area contributed by atoms with E-state index in [0.717, 1.165) is 61.6 Å². The third-order valence-electron chi connectivity index (χ3n) is 10.2. The number of benzene rings is 2. The Bertz CT molecular complexity index is 1480. The van der Waals surface area contributed by atoms with E-state index in [0.29, 0.717) is 43.8 Å². The Morgan fingerprint density at radius 3 is 2.62 bits per heavy atom. The Balaban J connectivity index is 1.20. The van der Waals surface area contributed by atoms with Crippen LogP contribution in [0.25, 0.3) is 11.3 Å². The predicted octanol–water partition coefficient (Wildman–Crippen LogP) is 5.79. The minimum atomic E-state index is -0.270. The second kappa shape index (κ2) is 12.0. The van der Waals surface area contributed by atoms with Gasteiger partial charge in [-0.2, -0.15) is 0 Å². The molecule has 0 bridgehead atoms. The van der Waals surface area contributed by atoms with Crippen LogP contribution in [-0.4, -0.2) is 58.1 Å². The fraction of sp³-hybridized carbons (Fsp3) is 0.500. The van der Waals surface area contributed by atoms with Crippen LogP contribution in [0.4, 0.5) is 9.18 Å². The molecule has 7 nitrogen and oxygen atoms in total. The molecule has 3 heterocycles. The van der Waals surface area contributed by atoms with E-state index in [1.807, 2.05) is 49.2 Å². The van der Waals surface area contributed by atoms with Gasteiger partial charge in [-0.15, -0.1) is 0 Å². The van der Waals surface area contributed by atoms with Crippen LogP contribution >= 0.6 is 0 Å². The molecule has 3 aliphatic rings. The summed E-state index contributed by atoms with van der Waals surface area (Å²) in [7, 11) is 1.95. The first kappa shape index (κ1) is 28.6. The van der Waals surface area contributed by atoms with E-state index in [4.69, 9.17) is 0 Å². The van der Waals surface area contributed by atoms with Crippen molar-refractivity contribution in [1.82, 2.24) is 24.7 Å². The Hall–Kier alpha value is -3.52. The topological polar surface area (TPSA) is 70.5 Å². The molecule has 8 heteroatoms. The average Bonchev–Trinajstić information content (AvgIpc) is 3.47. The maximum Gasteiger partial charge on any atom is 0.320 e. The van der Waals surface area contributed by atoms with Crippen LogP contribution in [0.15, 0.2) is 65.7 Å². The maximum absolute atomic E-state index is 14.2. The quantitative estimate of drug-likeness (QED) is 0.421. The highest BCUT2D eigenvalue weighted by atomic mass is 19.1. The zero-order valence-corrected chi connectivity index (χ0v) is 24.8. The highest BCUT2D eigenvalue weighted by Crippen LogP contribution is 2.49. The Kier molecular flexibility index (Phi) is 8.17. The van der Waals surface area contributed by atoms with E-state index in [-0.39, 0.29) is 28.9 Å². The minimum Gasteiger partial charge on any atom is -0.324 e. The summed E-state index contributed by atoms with van der Waals surface area (Å²) in [6.45, 7) is 4.68. The van der Waals surface area contributed by atoms with Crippen molar-refractivity contribution in [3.63, 3.8) is 0 Å². The summed E-state index contributed by atoms with van der Waals surface area (Å²) in [6.07, 6.45) is 8.65. The molecule has 1 aromatic heterocycles. The molecular weight excluding hydrogens is 529 g/mol. The van der Waals surface area contributed by atoms with Crippen LogP contribution in [0.3, 0.4) is 0 Å². The number of aromatic nitrogens is 2. The molecule has 1 N–H and O–H groups in total. The fourth-order valence-electron chi connectivity index (χ4n) is 7.78. The van der Waals surface area contributed by atoms with Gasteiger partial charge >= 0.3 is 6.03 Å². The zero-order valence-electron chi connectivity index (χ0n) is 24.8. The van der Waals surface area contributed by atoms with Crippen molar-refractivity contribution < 1.29 is 9.18 Å². The molecule has 6 rings (SSSR count). The fourth-order valence-corrected chi connectivity index (χ4v) is 7.78. The molecule has 1 aliphatic carbocycles. The third kappa shape index (κ3) is 5.61. The second-order valence-electron chi connectivity index (χ2n) is 12.6. The largest absolute Gasteiger partial charge is 0.324 e. The zero-order chi connectivity index (χ0) is 29.3. The number of halogens is 1. The van der Waals surface area contributed by atoms with E-state index in [9.17, 15) is 14.0 Å². The number of hydrogen-bond acceptors (Lipinski definition) is 4. The van der Waals surface area contributed by atoms with Crippen LogP contribution in [-0.2, 0) is 6.54 Å². The van der Waals surface area contributed by atoms with E-state index in [2.05, 4.69) is 15.2 Å². The van der Waals surface area contributed by atoms with Crippen LogP contribution < -0.4 is 10.9 Å². The van der Waals surface area contributed by atoms with Crippen molar-refractivity contribution in [3.05, 3.63) is 88.2 Å². The number of aryl methyl sites for hydroxylation is 1. The molecule has 1 saturated carbocycles. The minimum absolute atomic E-state index is 0.000310. The molecule has 3 atom stereocenters. The lowest BCUT2D eigenvalue weighted by Gasteiger charge is -2.49. The van der Waals surface area contributed by atoms with Gasteiger partial charge in [0, 0.05) is 43.9 Å². The van der Waals surface area contributed by atoms with Crippen molar-refractivity contribution in [2.24, 2.45) is 11.3 Å². The van der Waals surface area contributed by atoms with Gasteiger partial charge in [-0.1, -0.05) is 49.2 Å². The van der Waals surface area contributed by atoms with Gasteiger partial charge < -0.3 is 15.1 Å². The van der Waals surface area contributed by atoms with E-state index >= 15 is 0 Å². The molecule has 42 heavy (non-hydrogen) atoms. The summed E-state index contributed by atoms with van der Waals surface area (Å²) in [6, 6.07) is 16.5. The van der Waals surface area contributed by atoms with Gasteiger partial charge in [-0.3, -0.25) is 9.36 Å². The van der Waals surface area contributed by atoms with Crippen molar-refractivity contribution in [1.29, 1.82) is 0 Å². The molecule has 1 spiro atoms. The summed E-state index contributed by atoms with van der Waals surface area (Å²) in [5.74, 6) is 0.0378. The lowest BCUT2D eigenvalue weighted by atomic mass is 9.69. The standard InChI is InChI=1S/C34H42FN5O2/c1-24-8-3-4-11-29(24)30-20-32(41)39(23-37-30)21-26-12-16-38(22-34(26)14-5-6-15-34)33(42)40-17-13-28(36-2)19-31(40)25-9-7-10-27(35)18-25/h3-4,7-11,18,20,23,26,28,31,36H,5-6,12-17,19,21-22H2,1-2H3/t26-,28+,31-/m0/s1. The highest BCUT2D eigenvalue weighted by Gasteiger charge is 2.47. The van der Waals surface area contributed by atoms with Crippen molar-refractivity contribution in [2.75, 3.05) is 26.7 Å². The molecule has 2 amide bonds. The van der Waals surface area contributed by atoms with Gasteiger partial charge in [0.2, 0.25) is 0 Å². The van der Waals surface area contributed by atoms with Gasteiger partial charge in [0.25, 0.3) is 5.56 Å². The van der Waals surface area contributed by atoms with Crippen molar-refractivity contribution in [3.8, 4) is 11.3 Å². The molecule has 2 aromatic carbocycles. The number of urea groups is 1. The van der Waals surface area contributed by atoms with Gasteiger partial charge in [-0.05, 0) is 80.7 Å². The number of carbonyl (C=O) groups is 1. The lowest BCUT2D eigenvalue weighted by Crippen LogP contribution is -2.56. The first-order valence-electron chi connectivity index (χ1n) is 15.5.